The number of hydrogen-bond acceptors (Lipinski definition) is 4. The molecule has 2 N–H and O–H groups in total. The van der Waals surface area contributed by atoms with Crippen LogP contribution in [0.1, 0.15) is 11.3 Å². The fraction of sp³-hybridized carbons (Fsp3) is 0.111. The maximum absolute atomic E-state index is 13.6. The van der Waals surface area contributed by atoms with Crippen molar-refractivity contribution < 1.29 is 8.78 Å². The van der Waals surface area contributed by atoms with E-state index in [2.05, 4.69) is 20.6 Å². The minimum atomic E-state index is -0.330. The molecule has 1 heterocycles. The van der Waals surface area contributed by atoms with E-state index in [-0.39, 0.29) is 18.2 Å². The maximum Gasteiger partial charge on any atom is 0.225 e. The lowest BCUT2D eigenvalue weighted by molar-refractivity contribution is 0.612. The number of benzene rings is 2. The molecule has 0 saturated carbocycles. The van der Waals surface area contributed by atoms with Gasteiger partial charge >= 0.3 is 0 Å². The number of rotatable bonds is 5. The zero-order valence-corrected chi connectivity index (χ0v) is 13.1. The molecule has 122 valence electrons. The monoisotopic (exact) mass is 326 g/mol. The maximum atomic E-state index is 13.6. The van der Waals surface area contributed by atoms with Gasteiger partial charge in [-0.25, -0.2) is 13.8 Å². The number of anilines is 3. The summed E-state index contributed by atoms with van der Waals surface area (Å²) in [4.78, 5) is 8.60. The zero-order valence-electron chi connectivity index (χ0n) is 13.1. The first-order valence-corrected chi connectivity index (χ1v) is 7.46. The van der Waals surface area contributed by atoms with E-state index < -0.39 is 0 Å². The Morgan fingerprint density at radius 3 is 2.58 bits per heavy atom. The molecule has 0 unspecified atom stereocenters. The molecule has 0 bridgehead atoms. The number of nitrogens with one attached hydrogen (secondary N) is 2. The smallest absolute Gasteiger partial charge is 0.225 e. The highest BCUT2D eigenvalue weighted by Crippen LogP contribution is 2.18. The lowest BCUT2D eigenvalue weighted by Gasteiger charge is -2.10. The van der Waals surface area contributed by atoms with Gasteiger partial charge in [-0.1, -0.05) is 24.3 Å². The van der Waals surface area contributed by atoms with Crippen molar-refractivity contribution in [2.45, 2.75) is 13.5 Å². The van der Waals surface area contributed by atoms with Gasteiger partial charge in [0.2, 0.25) is 5.95 Å². The average Bonchev–Trinajstić information content (AvgIpc) is 2.53. The predicted molar refractivity (Wildman–Crippen MR) is 90.2 cm³/mol. The Morgan fingerprint density at radius 2 is 1.79 bits per heavy atom. The van der Waals surface area contributed by atoms with Crippen LogP contribution in [0.2, 0.25) is 0 Å². The largest absolute Gasteiger partial charge is 0.350 e. The van der Waals surface area contributed by atoms with Crippen LogP contribution < -0.4 is 10.6 Å². The second-order valence-electron chi connectivity index (χ2n) is 5.30. The Kier molecular flexibility index (Phi) is 4.65. The number of nitrogens with zero attached hydrogens (tertiary/aromatic N) is 2. The van der Waals surface area contributed by atoms with Crippen molar-refractivity contribution in [2.75, 3.05) is 10.6 Å². The van der Waals surface area contributed by atoms with Gasteiger partial charge in [-0.3, -0.25) is 0 Å². The Bertz CT molecular complexity index is 852. The van der Waals surface area contributed by atoms with Crippen molar-refractivity contribution in [3.8, 4) is 0 Å². The molecule has 0 aliphatic rings. The minimum Gasteiger partial charge on any atom is -0.350 e. The predicted octanol–water partition coefficient (Wildman–Crippen LogP) is 4.42. The summed E-state index contributed by atoms with van der Waals surface area (Å²) in [6, 6.07) is 14.4. The Morgan fingerprint density at radius 1 is 0.958 bits per heavy atom. The molecule has 0 amide bonds. The van der Waals surface area contributed by atoms with Gasteiger partial charge in [0.15, 0.2) is 0 Å². The van der Waals surface area contributed by atoms with Crippen molar-refractivity contribution in [3.63, 3.8) is 0 Å². The highest BCUT2D eigenvalue weighted by Gasteiger charge is 2.05. The van der Waals surface area contributed by atoms with Crippen LogP contribution in [0.25, 0.3) is 0 Å². The molecule has 6 heteroatoms. The fourth-order valence-corrected chi connectivity index (χ4v) is 2.24. The summed E-state index contributed by atoms with van der Waals surface area (Å²) >= 11 is 0. The first-order valence-electron chi connectivity index (χ1n) is 7.46. The van der Waals surface area contributed by atoms with Gasteiger partial charge in [-0.2, -0.15) is 4.98 Å². The van der Waals surface area contributed by atoms with Gasteiger partial charge in [-0.15, -0.1) is 0 Å². The van der Waals surface area contributed by atoms with E-state index in [0.29, 0.717) is 23.0 Å². The van der Waals surface area contributed by atoms with E-state index in [1.165, 1.54) is 18.2 Å². The summed E-state index contributed by atoms with van der Waals surface area (Å²) in [6.07, 6.45) is 0. The van der Waals surface area contributed by atoms with Gasteiger partial charge in [-0.05, 0) is 31.2 Å². The van der Waals surface area contributed by atoms with Crippen LogP contribution >= 0.6 is 0 Å². The lowest BCUT2D eigenvalue weighted by Crippen LogP contribution is -2.07. The summed E-state index contributed by atoms with van der Waals surface area (Å²) in [5.74, 6) is 0.292. The molecule has 0 saturated heterocycles. The second-order valence-corrected chi connectivity index (χ2v) is 5.30. The number of halogens is 2. The molecule has 3 rings (SSSR count). The Labute approximate surface area is 138 Å². The highest BCUT2D eigenvalue weighted by molar-refractivity contribution is 5.57. The third kappa shape index (κ3) is 4.04. The number of aromatic nitrogens is 2. The van der Waals surface area contributed by atoms with E-state index in [9.17, 15) is 8.78 Å². The number of aryl methyl sites for hydroxylation is 1. The fourth-order valence-electron chi connectivity index (χ4n) is 2.24. The van der Waals surface area contributed by atoms with E-state index in [4.69, 9.17) is 0 Å². The summed E-state index contributed by atoms with van der Waals surface area (Å²) in [5, 5.41) is 6.03. The summed E-state index contributed by atoms with van der Waals surface area (Å²) in [7, 11) is 0. The van der Waals surface area contributed by atoms with E-state index in [1.54, 1.807) is 36.4 Å². The van der Waals surface area contributed by atoms with Crippen LogP contribution in [0.3, 0.4) is 0 Å². The molecular formula is C18H16F2N4. The molecule has 0 aliphatic carbocycles. The first kappa shape index (κ1) is 15.9. The van der Waals surface area contributed by atoms with Gasteiger partial charge < -0.3 is 10.6 Å². The van der Waals surface area contributed by atoms with Gasteiger partial charge in [0.1, 0.15) is 17.5 Å². The SMILES string of the molecule is Cc1cc(Nc2cccc(F)c2)nc(NCc2ccccc2F)n1. The second kappa shape index (κ2) is 7.04. The molecule has 1 aromatic heterocycles. The number of hydrogen-bond donors (Lipinski definition) is 2. The zero-order chi connectivity index (χ0) is 16.9. The third-order valence-corrected chi connectivity index (χ3v) is 3.35. The first-order chi connectivity index (χ1) is 11.6. The van der Waals surface area contributed by atoms with E-state index in [0.717, 1.165) is 5.69 Å². The molecule has 4 nitrogen and oxygen atoms in total. The summed E-state index contributed by atoms with van der Waals surface area (Å²) in [6.45, 7) is 2.10. The molecule has 3 aromatic rings. The van der Waals surface area contributed by atoms with Crippen LogP contribution in [0, 0.1) is 18.6 Å². The highest BCUT2D eigenvalue weighted by atomic mass is 19.1. The van der Waals surface area contributed by atoms with Gasteiger partial charge in [0.05, 0.1) is 0 Å². The summed E-state index contributed by atoms with van der Waals surface area (Å²) in [5.41, 5.74) is 1.86. The normalized spacial score (nSPS) is 10.5. The van der Waals surface area contributed by atoms with Crippen LogP contribution in [0.15, 0.2) is 54.6 Å². The topological polar surface area (TPSA) is 49.8 Å². The summed E-state index contributed by atoms with van der Waals surface area (Å²) < 4.78 is 26.9. The van der Waals surface area contributed by atoms with E-state index in [1.807, 2.05) is 6.92 Å². The minimum absolute atomic E-state index is 0.273. The molecule has 0 radical (unpaired) electrons. The third-order valence-electron chi connectivity index (χ3n) is 3.35. The molecule has 0 aliphatic heterocycles. The van der Waals surface area contributed by atoms with Crippen molar-refractivity contribution in [1.29, 1.82) is 0 Å². The average molecular weight is 326 g/mol. The Hall–Kier alpha value is -3.02. The molecule has 0 spiro atoms. The van der Waals surface area contributed by atoms with E-state index >= 15 is 0 Å². The molecule has 24 heavy (non-hydrogen) atoms. The van der Waals surface area contributed by atoms with Crippen LogP contribution in [0.5, 0.6) is 0 Å². The Balaban J connectivity index is 1.75. The lowest BCUT2D eigenvalue weighted by atomic mass is 10.2. The van der Waals surface area contributed by atoms with Crippen LogP contribution in [-0.2, 0) is 6.54 Å². The molecule has 0 atom stereocenters. The van der Waals surface area contributed by atoms with Crippen LogP contribution in [-0.4, -0.2) is 9.97 Å². The molecular weight excluding hydrogens is 310 g/mol. The van der Waals surface area contributed by atoms with Crippen molar-refractivity contribution >= 4 is 17.5 Å². The van der Waals surface area contributed by atoms with Crippen molar-refractivity contribution in [2.24, 2.45) is 0 Å². The quantitative estimate of drug-likeness (QED) is 0.729. The van der Waals surface area contributed by atoms with Gasteiger partial charge in [0.25, 0.3) is 0 Å². The molecule has 2 aromatic carbocycles. The van der Waals surface area contributed by atoms with Crippen LogP contribution in [0.4, 0.5) is 26.2 Å². The molecule has 0 fully saturated rings. The van der Waals surface area contributed by atoms with Crippen molar-refractivity contribution in [1.82, 2.24) is 9.97 Å². The van der Waals surface area contributed by atoms with Crippen molar-refractivity contribution in [3.05, 3.63) is 77.5 Å². The standard InChI is InChI=1S/C18H16F2N4/c1-12-9-17(23-15-7-4-6-14(19)10-15)24-18(22-12)21-11-13-5-2-3-8-16(13)20/h2-10H,11H2,1H3,(H2,21,22,23,24). The van der Waals surface area contributed by atoms with Gasteiger partial charge in [0, 0.05) is 29.6 Å².